The zero-order valence-electron chi connectivity index (χ0n) is 12.0. The molecular formula is C14H15BrN2O4. The summed E-state index contributed by atoms with van der Waals surface area (Å²) in [6.45, 7) is 5.81. The molecule has 0 spiro atoms. The predicted octanol–water partition coefficient (Wildman–Crippen LogP) is 1.87. The SMILES string of the molecule is CC(C)(C)OC(=O)C1=c2cc([N+](=O)[O-])c(Br)cc2=NCC1. The summed E-state index contributed by atoms with van der Waals surface area (Å²) in [6, 6.07) is 2.94. The lowest BCUT2D eigenvalue weighted by Gasteiger charge is -2.21. The van der Waals surface area contributed by atoms with Crippen molar-refractivity contribution in [2.24, 2.45) is 4.99 Å². The highest BCUT2D eigenvalue weighted by Gasteiger charge is 2.23. The normalized spacial score (nSPS) is 14.2. The molecule has 21 heavy (non-hydrogen) atoms. The maximum absolute atomic E-state index is 12.3. The van der Waals surface area contributed by atoms with E-state index in [-0.39, 0.29) is 5.69 Å². The van der Waals surface area contributed by atoms with Crippen LogP contribution in [0.15, 0.2) is 21.6 Å². The Morgan fingerprint density at radius 3 is 2.67 bits per heavy atom. The van der Waals surface area contributed by atoms with E-state index in [1.165, 1.54) is 6.07 Å². The molecule has 1 heterocycles. The molecule has 1 aromatic rings. The third-order valence-corrected chi connectivity index (χ3v) is 3.51. The van der Waals surface area contributed by atoms with Gasteiger partial charge in [0.05, 0.1) is 14.8 Å². The Bertz CT molecular complexity index is 735. The standard InChI is InChI=1S/C14H15BrN2O4/c1-14(2,3)21-13(18)8-4-5-16-11-7-10(15)12(17(19)20)6-9(8)11/h6-7H,4-5H2,1-3H3. The number of carbonyl (C=O) groups is 1. The van der Waals surface area contributed by atoms with Crippen molar-refractivity contribution in [3.8, 4) is 0 Å². The largest absolute Gasteiger partial charge is 0.457 e. The van der Waals surface area contributed by atoms with Gasteiger partial charge < -0.3 is 4.74 Å². The fourth-order valence-electron chi connectivity index (χ4n) is 2.04. The number of nitrogens with zero attached hydrogens (tertiary/aromatic N) is 2. The summed E-state index contributed by atoms with van der Waals surface area (Å²) in [7, 11) is 0. The van der Waals surface area contributed by atoms with Gasteiger partial charge in [-0.1, -0.05) is 0 Å². The molecule has 0 aromatic heterocycles. The van der Waals surface area contributed by atoms with E-state index in [2.05, 4.69) is 20.9 Å². The second kappa shape index (κ2) is 5.55. The molecule has 1 aliphatic rings. The number of hydrogen-bond acceptors (Lipinski definition) is 5. The molecule has 0 saturated heterocycles. The first-order chi connectivity index (χ1) is 9.69. The van der Waals surface area contributed by atoms with Gasteiger partial charge >= 0.3 is 5.97 Å². The summed E-state index contributed by atoms with van der Waals surface area (Å²) < 4.78 is 5.71. The van der Waals surface area contributed by atoms with Crippen molar-refractivity contribution in [3.63, 3.8) is 0 Å². The highest BCUT2D eigenvalue weighted by Crippen LogP contribution is 2.22. The van der Waals surface area contributed by atoms with Crippen molar-refractivity contribution in [2.45, 2.75) is 32.8 Å². The molecule has 0 atom stereocenters. The predicted molar refractivity (Wildman–Crippen MR) is 80.3 cm³/mol. The average molecular weight is 355 g/mol. The van der Waals surface area contributed by atoms with Gasteiger partial charge in [-0.15, -0.1) is 0 Å². The van der Waals surface area contributed by atoms with Crippen LogP contribution < -0.4 is 10.6 Å². The van der Waals surface area contributed by atoms with Crippen LogP contribution in [0.4, 0.5) is 5.69 Å². The van der Waals surface area contributed by atoms with Gasteiger partial charge in [0.1, 0.15) is 5.60 Å². The number of ether oxygens (including phenoxy) is 1. The number of halogens is 1. The number of carbonyl (C=O) groups excluding carboxylic acids is 1. The summed E-state index contributed by atoms with van der Waals surface area (Å²) >= 11 is 3.15. The number of nitro groups is 1. The molecule has 0 amide bonds. The van der Waals surface area contributed by atoms with Gasteiger partial charge in [0, 0.05) is 23.4 Å². The second-order valence-corrected chi connectivity index (χ2v) is 6.54. The Labute approximate surface area is 129 Å². The van der Waals surface area contributed by atoms with Crippen LogP contribution in [0.3, 0.4) is 0 Å². The second-order valence-electron chi connectivity index (χ2n) is 5.69. The van der Waals surface area contributed by atoms with E-state index in [1.54, 1.807) is 26.8 Å². The number of hydrogen-bond donors (Lipinski definition) is 0. The first-order valence-electron chi connectivity index (χ1n) is 6.44. The summed E-state index contributed by atoms with van der Waals surface area (Å²) in [6.07, 6.45) is 0.417. The molecule has 0 radical (unpaired) electrons. The summed E-state index contributed by atoms with van der Waals surface area (Å²) in [5.74, 6) is -0.449. The summed E-state index contributed by atoms with van der Waals surface area (Å²) in [4.78, 5) is 27.1. The van der Waals surface area contributed by atoms with Gasteiger partial charge in [-0.25, -0.2) is 4.79 Å². The maximum Gasteiger partial charge on any atom is 0.335 e. The Morgan fingerprint density at radius 1 is 1.43 bits per heavy atom. The van der Waals surface area contributed by atoms with Gasteiger partial charge in [-0.3, -0.25) is 15.1 Å². The molecule has 0 unspecified atom stereocenters. The molecule has 7 heteroatoms. The van der Waals surface area contributed by atoms with Crippen LogP contribution in [-0.4, -0.2) is 23.0 Å². The zero-order chi connectivity index (χ0) is 15.8. The summed E-state index contributed by atoms with van der Waals surface area (Å²) in [5.41, 5.74) is -0.266. The van der Waals surface area contributed by atoms with Crippen LogP contribution in [0.2, 0.25) is 0 Å². The Balaban J connectivity index is 2.64. The van der Waals surface area contributed by atoms with E-state index in [0.717, 1.165) is 0 Å². The highest BCUT2D eigenvalue weighted by molar-refractivity contribution is 9.10. The molecular weight excluding hydrogens is 340 g/mol. The van der Waals surface area contributed by atoms with E-state index >= 15 is 0 Å². The number of nitro benzene ring substituents is 1. The van der Waals surface area contributed by atoms with Crippen molar-refractivity contribution in [3.05, 3.63) is 37.3 Å². The first kappa shape index (κ1) is 15.6. The fourth-order valence-corrected chi connectivity index (χ4v) is 2.51. The quantitative estimate of drug-likeness (QED) is 0.461. The van der Waals surface area contributed by atoms with Gasteiger partial charge in [0.2, 0.25) is 0 Å². The van der Waals surface area contributed by atoms with Crippen molar-refractivity contribution in [2.75, 3.05) is 6.54 Å². The number of rotatable bonds is 2. The third-order valence-electron chi connectivity index (χ3n) is 2.88. The van der Waals surface area contributed by atoms with Crippen LogP contribution >= 0.6 is 15.9 Å². The van der Waals surface area contributed by atoms with Gasteiger partial charge in [0.25, 0.3) is 5.69 Å². The lowest BCUT2D eigenvalue weighted by Crippen LogP contribution is -2.36. The van der Waals surface area contributed by atoms with Crippen molar-refractivity contribution >= 4 is 33.2 Å². The molecule has 1 aromatic carbocycles. The first-order valence-corrected chi connectivity index (χ1v) is 7.23. The Morgan fingerprint density at radius 2 is 2.10 bits per heavy atom. The summed E-state index contributed by atoms with van der Waals surface area (Å²) in [5, 5.41) is 12.1. The lowest BCUT2D eigenvalue weighted by molar-refractivity contribution is -0.385. The molecule has 0 aliphatic carbocycles. The molecule has 1 aliphatic heterocycles. The van der Waals surface area contributed by atoms with E-state index in [1.807, 2.05) is 0 Å². The van der Waals surface area contributed by atoms with Crippen LogP contribution in [0.5, 0.6) is 0 Å². The van der Waals surface area contributed by atoms with Crippen molar-refractivity contribution in [1.29, 1.82) is 0 Å². The average Bonchev–Trinajstić information content (AvgIpc) is 2.34. The highest BCUT2D eigenvalue weighted by atomic mass is 79.9. The minimum atomic E-state index is -0.611. The Hall–Kier alpha value is -1.76. The molecule has 112 valence electrons. The maximum atomic E-state index is 12.3. The minimum absolute atomic E-state index is 0.0908. The fraction of sp³-hybridized carbons (Fsp3) is 0.429. The van der Waals surface area contributed by atoms with Gasteiger partial charge in [-0.2, -0.15) is 0 Å². The van der Waals surface area contributed by atoms with Crippen molar-refractivity contribution in [1.82, 2.24) is 0 Å². The number of esters is 1. The van der Waals surface area contributed by atoms with Crippen LogP contribution in [0, 0.1) is 10.1 Å². The lowest BCUT2D eigenvalue weighted by atomic mass is 10.0. The zero-order valence-corrected chi connectivity index (χ0v) is 13.6. The monoisotopic (exact) mass is 354 g/mol. The Kier molecular flexibility index (Phi) is 4.13. The van der Waals surface area contributed by atoms with E-state index in [0.29, 0.717) is 33.6 Å². The minimum Gasteiger partial charge on any atom is -0.457 e. The molecule has 0 N–H and O–H groups in total. The number of benzene rings is 1. The van der Waals surface area contributed by atoms with Gasteiger partial charge in [0.15, 0.2) is 0 Å². The molecule has 2 rings (SSSR count). The third kappa shape index (κ3) is 3.47. The van der Waals surface area contributed by atoms with E-state index in [9.17, 15) is 14.9 Å². The van der Waals surface area contributed by atoms with Crippen LogP contribution in [0.1, 0.15) is 27.2 Å². The molecule has 0 fully saturated rings. The molecule has 0 saturated carbocycles. The van der Waals surface area contributed by atoms with E-state index in [4.69, 9.17) is 4.74 Å². The van der Waals surface area contributed by atoms with Crippen LogP contribution in [-0.2, 0) is 9.53 Å². The van der Waals surface area contributed by atoms with Crippen molar-refractivity contribution < 1.29 is 14.5 Å². The van der Waals surface area contributed by atoms with Gasteiger partial charge in [-0.05, 0) is 49.2 Å². The topological polar surface area (TPSA) is 81.8 Å². The molecule has 6 nitrogen and oxygen atoms in total. The molecule has 0 bridgehead atoms. The van der Waals surface area contributed by atoms with E-state index < -0.39 is 16.5 Å². The van der Waals surface area contributed by atoms with Crippen LogP contribution in [0.25, 0.3) is 5.57 Å². The number of fused-ring (bicyclic) bond motifs is 1. The smallest absolute Gasteiger partial charge is 0.335 e.